The Morgan fingerprint density at radius 2 is 2.00 bits per heavy atom. The highest BCUT2D eigenvalue weighted by molar-refractivity contribution is 5.39. The third-order valence-electron chi connectivity index (χ3n) is 2.95. The summed E-state index contributed by atoms with van der Waals surface area (Å²) in [7, 11) is 3.58. The molecule has 0 bridgehead atoms. The van der Waals surface area contributed by atoms with Crippen LogP contribution < -0.4 is 14.8 Å². The Bertz CT molecular complexity index is 525. The molecule has 0 amide bonds. The molecular weight excluding hydrogens is 254 g/mol. The SMILES string of the molecule is COc1ccccc1OCCNCCc1cnn(C)c1. The first-order valence-electron chi connectivity index (χ1n) is 6.73. The van der Waals surface area contributed by atoms with E-state index in [1.54, 1.807) is 7.11 Å². The lowest BCUT2D eigenvalue weighted by Crippen LogP contribution is -2.23. The van der Waals surface area contributed by atoms with Crippen LogP contribution in [0.4, 0.5) is 0 Å². The van der Waals surface area contributed by atoms with Gasteiger partial charge in [0.25, 0.3) is 0 Å². The molecule has 2 aromatic rings. The number of nitrogens with one attached hydrogen (secondary N) is 1. The lowest BCUT2D eigenvalue weighted by atomic mass is 10.2. The number of rotatable bonds is 8. The molecule has 5 nitrogen and oxygen atoms in total. The molecule has 0 atom stereocenters. The molecule has 1 heterocycles. The first kappa shape index (κ1) is 14.4. The second-order valence-corrected chi connectivity index (χ2v) is 4.52. The largest absolute Gasteiger partial charge is 0.493 e. The third kappa shape index (κ3) is 4.28. The maximum absolute atomic E-state index is 5.68. The zero-order valence-corrected chi connectivity index (χ0v) is 12.0. The van der Waals surface area contributed by atoms with Crippen molar-refractivity contribution < 1.29 is 9.47 Å². The van der Waals surface area contributed by atoms with E-state index in [-0.39, 0.29) is 0 Å². The van der Waals surface area contributed by atoms with Crippen molar-refractivity contribution in [2.45, 2.75) is 6.42 Å². The monoisotopic (exact) mass is 275 g/mol. The van der Waals surface area contributed by atoms with Crippen molar-refractivity contribution in [1.29, 1.82) is 0 Å². The minimum atomic E-state index is 0.618. The van der Waals surface area contributed by atoms with Gasteiger partial charge >= 0.3 is 0 Å². The highest BCUT2D eigenvalue weighted by Gasteiger charge is 2.01. The Hall–Kier alpha value is -2.01. The molecule has 0 spiro atoms. The third-order valence-corrected chi connectivity index (χ3v) is 2.95. The number of para-hydroxylation sites is 2. The quantitative estimate of drug-likeness (QED) is 0.744. The number of aromatic nitrogens is 2. The molecule has 5 heteroatoms. The van der Waals surface area contributed by atoms with Crippen molar-refractivity contribution in [2.24, 2.45) is 7.05 Å². The van der Waals surface area contributed by atoms with E-state index in [0.29, 0.717) is 6.61 Å². The molecule has 0 saturated carbocycles. The van der Waals surface area contributed by atoms with Gasteiger partial charge in [-0.15, -0.1) is 0 Å². The standard InChI is InChI=1S/C15H21N3O2/c1-18-12-13(11-17-18)7-8-16-9-10-20-15-6-4-3-5-14(15)19-2/h3-6,11-12,16H,7-10H2,1-2H3. The fourth-order valence-electron chi connectivity index (χ4n) is 1.93. The first-order valence-corrected chi connectivity index (χ1v) is 6.73. The normalized spacial score (nSPS) is 10.5. The van der Waals surface area contributed by atoms with E-state index < -0.39 is 0 Å². The molecule has 108 valence electrons. The van der Waals surface area contributed by atoms with Gasteiger partial charge in [0.2, 0.25) is 0 Å². The van der Waals surface area contributed by atoms with Gasteiger partial charge in [-0.3, -0.25) is 4.68 Å². The Morgan fingerprint density at radius 1 is 1.20 bits per heavy atom. The number of hydrogen-bond donors (Lipinski definition) is 1. The summed E-state index contributed by atoms with van der Waals surface area (Å²) in [6.45, 7) is 2.34. The van der Waals surface area contributed by atoms with E-state index in [1.807, 2.05) is 48.4 Å². The summed E-state index contributed by atoms with van der Waals surface area (Å²) in [5.74, 6) is 1.55. The topological polar surface area (TPSA) is 48.3 Å². The maximum Gasteiger partial charge on any atom is 0.161 e. The van der Waals surface area contributed by atoms with Crippen LogP contribution in [-0.2, 0) is 13.5 Å². The Balaban J connectivity index is 1.62. The molecule has 1 N–H and O–H groups in total. The van der Waals surface area contributed by atoms with Crippen molar-refractivity contribution in [3.8, 4) is 11.5 Å². The van der Waals surface area contributed by atoms with Gasteiger partial charge in [0.05, 0.1) is 13.3 Å². The van der Waals surface area contributed by atoms with Crippen molar-refractivity contribution >= 4 is 0 Å². The lowest BCUT2D eigenvalue weighted by Gasteiger charge is -2.10. The van der Waals surface area contributed by atoms with Crippen LogP contribution in [0.15, 0.2) is 36.7 Å². The molecule has 0 fully saturated rings. The minimum absolute atomic E-state index is 0.618. The lowest BCUT2D eigenvalue weighted by molar-refractivity contribution is 0.292. The van der Waals surface area contributed by atoms with Crippen LogP contribution in [0, 0.1) is 0 Å². The zero-order chi connectivity index (χ0) is 14.2. The van der Waals surface area contributed by atoms with Crippen molar-refractivity contribution in [1.82, 2.24) is 15.1 Å². The predicted molar refractivity (Wildman–Crippen MR) is 78.3 cm³/mol. The van der Waals surface area contributed by atoms with E-state index in [2.05, 4.69) is 10.4 Å². The Kier molecular flexibility index (Phi) is 5.43. The van der Waals surface area contributed by atoms with Crippen LogP contribution in [0.5, 0.6) is 11.5 Å². The highest BCUT2D eigenvalue weighted by Crippen LogP contribution is 2.25. The van der Waals surface area contributed by atoms with Crippen LogP contribution in [0.1, 0.15) is 5.56 Å². The van der Waals surface area contributed by atoms with Gasteiger partial charge in [-0.25, -0.2) is 0 Å². The van der Waals surface area contributed by atoms with Gasteiger partial charge in [0, 0.05) is 19.8 Å². The number of methoxy groups -OCH3 is 1. The smallest absolute Gasteiger partial charge is 0.161 e. The van der Waals surface area contributed by atoms with Gasteiger partial charge in [-0.2, -0.15) is 5.10 Å². The molecule has 0 aliphatic heterocycles. The van der Waals surface area contributed by atoms with Gasteiger partial charge in [-0.1, -0.05) is 12.1 Å². The fraction of sp³-hybridized carbons (Fsp3) is 0.400. The minimum Gasteiger partial charge on any atom is -0.493 e. The number of benzene rings is 1. The number of ether oxygens (including phenoxy) is 2. The van der Waals surface area contributed by atoms with Crippen LogP contribution in [0.25, 0.3) is 0 Å². The van der Waals surface area contributed by atoms with Crippen LogP contribution >= 0.6 is 0 Å². The predicted octanol–water partition coefficient (Wildman–Crippen LogP) is 1.64. The molecule has 0 aliphatic carbocycles. The van der Waals surface area contributed by atoms with Crippen LogP contribution in [-0.4, -0.2) is 36.6 Å². The van der Waals surface area contributed by atoms with Crippen molar-refractivity contribution in [2.75, 3.05) is 26.8 Å². The van der Waals surface area contributed by atoms with E-state index in [4.69, 9.17) is 9.47 Å². The zero-order valence-electron chi connectivity index (χ0n) is 12.0. The van der Waals surface area contributed by atoms with Gasteiger partial charge < -0.3 is 14.8 Å². The van der Waals surface area contributed by atoms with Gasteiger partial charge in [-0.05, 0) is 30.7 Å². The summed E-state index contributed by atoms with van der Waals surface area (Å²) < 4.78 is 12.7. The summed E-state index contributed by atoms with van der Waals surface area (Å²) in [4.78, 5) is 0. The number of nitrogens with zero attached hydrogens (tertiary/aromatic N) is 2. The molecule has 0 unspecified atom stereocenters. The average molecular weight is 275 g/mol. The average Bonchev–Trinajstić information content (AvgIpc) is 2.88. The summed E-state index contributed by atoms with van der Waals surface area (Å²) in [6.07, 6.45) is 4.91. The number of hydrogen-bond acceptors (Lipinski definition) is 4. The number of aryl methyl sites for hydroxylation is 1. The second-order valence-electron chi connectivity index (χ2n) is 4.52. The second kappa shape index (κ2) is 7.55. The first-order chi connectivity index (χ1) is 9.79. The van der Waals surface area contributed by atoms with Crippen molar-refractivity contribution in [3.05, 3.63) is 42.2 Å². The molecule has 0 aliphatic rings. The van der Waals surface area contributed by atoms with Gasteiger partial charge in [0.15, 0.2) is 11.5 Å². The summed E-state index contributed by atoms with van der Waals surface area (Å²) in [6, 6.07) is 7.67. The summed E-state index contributed by atoms with van der Waals surface area (Å²) in [5, 5.41) is 7.49. The molecule has 20 heavy (non-hydrogen) atoms. The highest BCUT2D eigenvalue weighted by atomic mass is 16.5. The van der Waals surface area contributed by atoms with E-state index >= 15 is 0 Å². The molecule has 0 radical (unpaired) electrons. The van der Waals surface area contributed by atoms with E-state index in [1.165, 1.54) is 5.56 Å². The molecule has 2 rings (SSSR count). The summed E-state index contributed by atoms with van der Waals surface area (Å²) in [5.41, 5.74) is 1.24. The summed E-state index contributed by atoms with van der Waals surface area (Å²) >= 11 is 0. The Labute approximate surface area is 119 Å². The van der Waals surface area contributed by atoms with E-state index in [0.717, 1.165) is 31.0 Å². The molecule has 1 aromatic carbocycles. The Morgan fingerprint density at radius 3 is 2.70 bits per heavy atom. The molecular formula is C15H21N3O2. The van der Waals surface area contributed by atoms with Gasteiger partial charge in [0.1, 0.15) is 6.61 Å². The van der Waals surface area contributed by atoms with Crippen molar-refractivity contribution in [3.63, 3.8) is 0 Å². The van der Waals surface area contributed by atoms with Crippen LogP contribution in [0.3, 0.4) is 0 Å². The van der Waals surface area contributed by atoms with Crippen LogP contribution in [0.2, 0.25) is 0 Å². The van der Waals surface area contributed by atoms with E-state index in [9.17, 15) is 0 Å². The molecule has 1 aromatic heterocycles. The maximum atomic E-state index is 5.68. The fourth-order valence-corrected chi connectivity index (χ4v) is 1.93. The molecule has 0 saturated heterocycles.